The Morgan fingerprint density at radius 3 is 2.79 bits per heavy atom. The third-order valence-electron chi connectivity index (χ3n) is 2.52. The SMILES string of the molecule is C#CCNC(=NCC(C)(O)c1ccc(C)o1)NCC. The van der Waals surface area contributed by atoms with Crippen LogP contribution in [0.15, 0.2) is 21.5 Å². The number of furan rings is 1. The molecule has 0 spiro atoms. The first-order valence-electron chi connectivity index (χ1n) is 6.24. The summed E-state index contributed by atoms with van der Waals surface area (Å²) >= 11 is 0. The van der Waals surface area contributed by atoms with Gasteiger partial charge in [-0.1, -0.05) is 5.92 Å². The van der Waals surface area contributed by atoms with Gasteiger partial charge in [-0.3, -0.25) is 0 Å². The molecule has 1 heterocycles. The maximum Gasteiger partial charge on any atom is 0.192 e. The third kappa shape index (κ3) is 4.68. The molecular weight excluding hydrogens is 242 g/mol. The van der Waals surface area contributed by atoms with Gasteiger partial charge in [0, 0.05) is 6.54 Å². The Morgan fingerprint density at radius 1 is 1.53 bits per heavy atom. The van der Waals surface area contributed by atoms with E-state index in [9.17, 15) is 5.11 Å². The number of nitrogens with zero attached hydrogens (tertiary/aromatic N) is 1. The van der Waals surface area contributed by atoms with E-state index in [4.69, 9.17) is 10.8 Å². The van der Waals surface area contributed by atoms with Gasteiger partial charge in [0.25, 0.3) is 0 Å². The van der Waals surface area contributed by atoms with Crippen LogP contribution in [0.25, 0.3) is 0 Å². The lowest BCUT2D eigenvalue weighted by Crippen LogP contribution is -2.39. The summed E-state index contributed by atoms with van der Waals surface area (Å²) in [7, 11) is 0. The topological polar surface area (TPSA) is 69.8 Å². The summed E-state index contributed by atoms with van der Waals surface area (Å²) in [4.78, 5) is 4.30. The van der Waals surface area contributed by atoms with E-state index in [1.165, 1.54) is 0 Å². The van der Waals surface area contributed by atoms with Crippen molar-refractivity contribution in [2.45, 2.75) is 26.4 Å². The van der Waals surface area contributed by atoms with Crippen LogP contribution in [0.1, 0.15) is 25.4 Å². The Morgan fingerprint density at radius 2 is 2.26 bits per heavy atom. The Labute approximate surface area is 114 Å². The van der Waals surface area contributed by atoms with Crippen LogP contribution >= 0.6 is 0 Å². The number of terminal acetylenes is 1. The first kappa shape index (κ1) is 15.1. The number of hydrogen-bond donors (Lipinski definition) is 3. The van der Waals surface area contributed by atoms with Crippen LogP contribution in [0.5, 0.6) is 0 Å². The van der Waals surface area contributed by atoms with Crippen molar-refractivity contribution in [3.63, 3.8) is 0 Å². The van der Waals surface area contributed by atoms with Gasteiger partial charge in [-0.2, -0.15) is 0 Å². The van der Waals surface area contributed by atoms with E-state index < -0.39 is 5.60 Å². The third-order valence-corrected chi connectivity index (χ3v) is 2.52. The highest BCUT2D eigenvalue weighted by atomic mass is 16.4. The minimum absolute atomic E-state index is 0.180. The average Bonchev–Trinajstić information content (AvgIpc) is 2.80. The maximum absolute atomic E-state index is 10.3. The zero-order valence-corrected chi connectivity index (χ0v) is 11.7. The second kappa shape index (κ2) is 6.86. The molecule has 1 atom stereocenters. The van der Waals surface area contributed by atoms with Gasteiger partial charge in [-0.15, -0.1) is 6.42 Å². The average molecular weight is 263 g/mol. The number of aryl methyl sites for hydroxylation is 1. The number of aliphatic imine (C=N–C) groups is 1. The fraction of sp³-hybridized carbons (Fsp3) is 0.500. The van der Waals surface area contributed by atoms with Crippen LogP contribution in [-0.4, -0.2) is 30.7 Å². The molecule has 0 bridgehead atoms. The predicted molar refractivity (Wildman–Crippen MR) is 75.8 cm³/mol. The Balaban J connectivity index is 2.72. The standard InChI is InChI=1S/C14H21N3O2/c1-5-9-16-13(15-6-2)17-10-14(4,18)12-8-7-11(3)19-12/h1,7-8,18H,6,9-10H2,2-4H3,(H2,15,16,17). The molecule has 0 aliphatic heterocycles. The smallest absolute Gasteiger partial charge is 0.192 e. The van der Waals surface area contributed by atoms with E-state index in [2.05, 4.69) is 21.5 Å². The van der Waals surface area contributed by atoms with Crippen LogP contribution in [0, 0.1) is 19.3 Å². The number of hydrogen-bond acceptors (Lipinski definition) is 3. The molecule has 5 nitrogen and oxygen atoms in total. The maximum atomic E-state index is 10.3. The summed E-state index contributed by atoms with van der Waals surface area (Å²) in [5.74, 6) is 4.31. The minimum atomic E-state index is -1.15. The second-order valence-corrected chi connectivity index (χ2v) is 4.44. The summed E-state index contributed by atoms with van der Waals surface area (Å²) in [5.41, 5.74) is -1.15. The minimum Gasteiger partial charge on any atom is -0.463 e. The van der Waals surface area contributed by atoms with Crippen molar-refractivity contribution >= 4 is 5.96 Å². The van der Waals surface area contributed by atoms with Crippen LogP contribution in [-0.2, 0) is 5.60 Å². The highest BCUT2D eigenvalue weighted by molar-refractivity contribution is 5.80. The summed E-state index contributed by atoms with van der Waals surface area (Å²) in [5, 5.41) is 16.4. The van der Waals surface area contributed by atoms with Crippen molar-refractivity contribution in [1.29, 1.82) is 0 Å². The quantitative estimate of drug-likeness (QED) is 0.421. The summed E-state index contributed by atoms with van der Waals surface area (Å²) in [6, 6.07) is 3.57. The van der Waals surface area contributed by atoms with E-state index in [1.807, 2.05) is 19.9 Å². The van der Waals surface area contributed by atoms with E-state index in [0.717, 1.165) is 12.3 Å². The monoisotopic (exact) mass is 263 g/mol. The summed E-state index contributed by atoms with van der Waals surface area (Å²) in [6.07, 6.45) is 5.19. The molecule has 0 saturated heterocycles. The van der Waals surface area contributed by atoms with E-state index >= 15 is 0 Å². The molecule has 0 fully saturated rings. The van der Waals surface area contributed by atoms with Crippen molar-refractivity contribution in [3.8, 4) is 12.3 Å². The molecule has 5 heteroatoms. The molecule has 1 rings (SSSR count). The van der Waals surface area contributed by atoms with Crippen molar-refractivity contribution in [2.24, 2.45) is 4.99 Å². The van der Waals surface area contributed by atoms with Crippen molar-refractivity contribution in [1.82, 2.24) is 10.6 Å². The lowest BCUT2D eigenvalue weighted by Gasteiger charge is -2.19. The van der Waals surface area contributed by atoms with Crippen molar-refractivity contribution in [2.75, 3.05) is 19.6 Å². The van der Waals surface area contributed by atoms with Gasteiger partial charge in [-0.25, -0.2) is 4.99 Å². The summed E-state index contributed by atoms with van der Waals surface area (Å²) < 4.78 is 5.43. The fourth-order valence-corrected chi connectivity index (χ4v) is 1.51. The van der Waals surface area contributed by atoms with E-state index in [1.54, 1.807) is 13.0 Å². The Kier molecular flexibility index (Phi) is 5.46. The molecule has 3 N–H and O–H groups in total. The first-order valence-corrected chi connectivity index (χ1v) is 6.24. The molecule has 104 valence electrons. The molecular formula is C14H21N3O2. The molecule has 0 aromatic carbocycles. The molecule has 0 aliphatic carbocycles. The molecule has 0 saturated carbocycles. The largest absolute Gasteiger partial charge is 0.463 e. The van der Waals surface area contributed by atoms with Crippen LogP contribution in [0.2, 0.25) is 0 Å². The second-order valence-electron chi connectivity index (χ2n) is 4.44. The Bertz CT molecular complexity index is 469. The fourth-order valence-electron chi connectivity index (χ4n) is 1.51. The van der Waals surface area contributed by atoms with Gasteiger partial charge in [-0.05, 0) is 32.9 Å². The zero-order valence-electron chi connectivity index (χ0n) is 11.7. The number of guanidine groups is 1. The molecule has 19 heavy (non-hydrogen) atoms. The van der Waals surface area contributed by atoms with Gasteiger partial charge in [0.1, 0.15) is 17.1 Å². The predicted octanol–water partition coefficient (Wildman–Crippen LogP) is 0.984. The summed E-state index contributed by atoms with van der Waals surface area (Å²) in [6.45, 7) is 6.74. The van der Waals surface area contributed by atoms with E-state index in [-0.39, 0.29) is 6.54 Å². The van der Waals surface area contributed by atoms with Crippen LogP contribution < -0.4 is 10.6 Å². The lowest BCUT2D eigenvalue weighted by molar-refractivity contribution is 0.0429. The van der Waals surface area contributed by atoms with Gasteiger partial charge in [0.15, 0.2) is 5.96 Å². The van der Waals surface area contributed by atoms with E-state index in [0.29, 0.717) is 18.3 Å². The molecule has 0 aliphatic rings. The number of rotatable bonds is 5. The normalized spacial score (nSPS) is 14.6. The number of nitrogens with one attached hydrogen (secondary N) is 2. The van der Waals surface area contributed by atoms with Crippen molar-refractivity contribution in [3.05, 3.63) is 23.7 Å². The molecule has 1 aromatic heterocycles. The zero-order chi connectivity index (χ0) is 14.3. The van der Waals surface area contributed by atoms with Crippen molar-refractivity contribution < 1.29 is 9.52 Å². The van der Waals surface area contributed by atoms with Gasteiger partial charge >= 0.3 is 0 Å². The number of aliphatic hydroxyl groups is 1. The highest BCUT2D eigenvalue weighted by Crippen LogP contribution is 2.22. The van der Waals surface area contributed by atoms with Crippen LogP contribution in [0.4, 0.5) is 0 Å². The molecule has 1 aromatic rings. The molecule has 0 radical (unpaired) electrons. The van der Waals surface area contributed by atoms with Crippen LogP contribution in [0.3, 0.4) is 0 Å². The Hall–Kier alpha value is -1.93. The molecule has 0 amide bonds. The van der Waals surface area contributed by atoms with Gasteiger partial charge in [0.2, 0.25) is 0 Å². The lowest BCUT2D eigenvalue weighted by atomic mass is 10.0. The first-order chi connectivity index (χ1) is 8.99. The highest BCUT2D eigenvalue weighted by Gasteiger charge is 2.26. The molecule has 1 unspecified atom stereocenters. The van der Waals surface area contributed by atoms with Gasteiger partial charge in [0.05, 0.1) is 13.1 Å². The van der Waals surface area contributed by atoms with Gasteiger partial charge < -0.3 is 20.2 Å².